The zero-order valence-corrected chi connectivity index (χ0v) is 39.9. The largest absolute Gasteiger partial charge is 0.472 e. The highest BCUT2D eigenvalue weighted by atomic mass is 31.2. The van der Waals surface area contributed by atoms with Gasteiger partial charge in [0.15, 0.2) is 6.10 Å². The summed E-state index contributed by atoms with van der Waals surface area (Å²) in [5.41, 5.74) is 0. The van der Waals surface area contributed by atoms with Gasteiger partial charge in [-0.25, -0.2) is 4.57 Å². The lowest BCUT2D eigenvalue weighted by molar-refractivity contribution is -0.220. The number of aliphatic hydroxyl groups excluding tert-OH is 5. The standard InChI is InChI=1S/C51H81O13P/c1-3-5-7-9-11-13-15-17-19-21-22-24-26-28-30-32-34-36-38-40-45(53)63-43(42-62-65(59,60)64-51-49(57)47(55)46(54)48(56)50(51)58)41-61-44(52)39-37-35-33-31-29-27-25-23-20-18-16-14-12-10-8-6-4-2/h5-8,11-14,17-20,22,24,28,30,34,36,43,46-51,54-58H,3-4,9-10,15-16,21,23,25-27,29,31-33,35,37-42H2,1-2H3,(H,59,60)/b7-5-,8-6-,13-11-,14-12-,19-17-,20-18-,24-22-,30-28-,36-34-. The number of phosphoric acid groups is 1. The van der Waals surface area contributed by atoms with Crippen molar-refractivity contribution in [1.82, 2.24) is 0 Å². The molecule has 6 N–H and O–H groups in total. The molecule has 6 unspecified atom stereocenters. The highest BCUT2D eigenvalue weighted by molar-refractivity contribution is 7.47. The number of aliphatic hydroxyl groups is 5. The Hall–Kier alpha value is -3.49. The molecule has 6 atom stereocenters. The van der Waals surface area contributed by atoms with E-state index in [4.69, 9.17) is 18.5 Å². The normalized spacial score (nSPS) is 22.4. The third kappa shape index (κ3) is 32.0. The van der Waals surface area contributed by atoms with E-state index < -0.39 is 75.7 Å². The second-order valence-electron chi connectivity index (χ2n) is 15.8. The highest BCUT2D eigenvalue weighted by Gasteiger charge is 2.51. The molecule has 0 amide bonds. The summed E-state index contributed by atoms with van der Waals surface area (Å²) >= 11 is 0. The van der Waals surface area contributed by atoms with Gasteiger partial charge in [0.25, 0.3) is 0 Å². The number of hydrogen-bond donors (Lipinski definition) is 6. The lowest BCUT2D eigenvalue weighted by Crippen LogP contribution is -2.64. The molecule has 0 aromatic heterocycles. The molecule has 0 aromatic rings. The molecule has 1 rings (SSSR count). The molecule has 1 saturated carbocycles. The maximum atomic E-state index is 12.8. The summed E-state index contributed by atoms with van der Waals surface area (Å²) < 4.78 is 33.5. The predicted octanol–water partition coefficient (Wildman–Crippen LogP) is 9.61. The molecular formula is C51H81O13P. The van der Waals surface area contributed by atoms with E-state index in [-0.39, 0.29) is 12.8 Å². The Labute approximate surface area is 389 Å². The van der Waals surface area contributed by atoms with E-state index in [0.717, 1.165) is 96.3 Å². The Kier molecular flexibility index (Phi) is 36.3. The van der Waals surface area contributed by atoms with E-state index in [1.807, 2.05) is 18.2 Å². The van der Waals surface area contributed by atoms with Crippen molar-refractivity contribution in [3.05, 3.63) is 109 Å². The fourth-order valence-electron chi connectivity index (χ4n) is 6.38. The van der Waals surface area contributed by atoms with Crippen LogP contribution in [0.3, 0.4) is 0 Å². The second-order valence-corrected chi connectivity index (χ2v) is 17.2. The first-order chi connectivity index (χ1) is 31.4. The minimum absolute atomic E-state index is 0.0375. The summed E-state index contributed by atoms with van der Waals surface area (Å²) in [5.74, 6) is -1.22. The molecule has 0 spiro atoms. The van der Waals surface area contributed by atoms with E-state index in [1.54, 1.807) is 0 Å². The molecule has 0 bridgehead atoms. The van der Waals surface area contributed by atoms with Crippen LogP contribution in [-0.2, 0) is 32.7 Å². The number of ether oxygens (including phenoxy) is 2. The van der Waals surface area contributed by atoms with Crippen molar-refractivity contribution in [2.75, 3.05) is 13.2 Å². The van der Waals surface area contributed by atoms with Crippen LogP contribution >= 0.6 is 7.82 Å². The summed E-state index contributed by atoms with van der Waals surface area (Å²) in [7, 11) is -5.15. The molecule has 14 heteroatoms. The third-order valence-corrected chi connectivity index (χ3v) is 11.1. The van der Waals surface area contributed by atoms with Gasteiger partial charge in [0.2, 0.25) is 0 Å². The highest BCUT2D eigenvalue weighted by Crippen LogP contribution is 2.47. The maximum Gasteiger partial charge on any atom is 0.472 e. The molecule has 368 valence electrons. The van der Waals surface area contributed by atoms with Crippen molar-refractivity contribution in [2.24, 2.45) is 0 Å². The van der Waals surface area contributed by atoms with Gasteiger partial charge in [-0.3, -0.25) is 18.6 Å². The van der Waals surface area contributed by atoms with Crippen molar-refractivity contribution in [2.45, 2.75) is 185 Å². The molecule has 0 heterocycles. The second kappa shape index (κ2) is 39.7. The molecule has 0 aromatic carbocycles. The van der Waals surface area contributed by atoms with Gasteiger partial charge in [-0.1, -0.05) is 155 Å². The van der Waals surface area contributed by atoms with Crippen LogP contribution < -0.4 is 0 Å². The topological polar surface area (TPSA) is 210 Å². The minimum atomic E-state index is -5.15. The van der Waals surface area contributed by atoms with Crippen LogP contribution in [0.1, 0.15) is 142 Å². The van der Waals surface area contributed by atoms with E-state index in [0.29, 0.717) is 19.3 Å². The zero-order valence-electron chi connectivity index (χ0n) is 39.0. The Balaban J connectivity index is 2.52. The van der Waals surface area contributed by atoms with E-state index in [2.05, 4.69) is 105 Å². The average Bonchev–Trinajstić information content (AvgIpc) is 3.29. The third-order valence-electron chi connectivity index (χ3n) is 10.1. The number of hydrogen-bond acceptors (Lipinski definition) is 12. The van der Waals surface area contributed by atoms with Crippen LogP contribution in [0.2, 0.25) is 0 Å². The number of carbonyl (C=O) groups excluding carboxylic acids is 2. The van der Waals surface area contributed by atoms with Crippen molar-refractivity contribution in [3.63, 3.8) is 0 Å². The SMILES string of the molecule is CC/C=C\C/C=C\C/C=C\C/C=C\C/C=C\C/C=C\CCC(=O)OC(COC(=O)CCCCCCCCC/C=C\C/C=C\C/C=C\CC)COP(=O)(O)OC1C(O)C(O)C(O)C(O)C1O. The molecule has 0 radical (unpaired) electrons. The summed E-state index contributed by atoms with van der Waals surface area (Å²) in [6.45, 7) is 2.99. The van der Waals surface area contributed by atoms with E-state index >= 15 is 0 Å². The average molecular weight is 933 g/mol. The zero-order chi connectivity index (χ0) is 47.8. The molecular weight excluding hydrogens is 852 g/mol. The number of rotatable bonds is 37. The number of esters is 2. The van der Waals surface area contributed by atoms with Gasteiger partial charge < -0.3 is 39.9 Å². The Morgan fingerprint density at radius 3 is 1.32 bits per heavy atom. The van der Waals surface area contributed by atoms with Crippen LogP contribution in [0.15, 0.2) is 109 Å². The molecule has 13 nitrogen and oxygen atoms in total. The first-order valence-electron chi connectivity index (χ1n) is 23.7. The fraction of sp³-hybridized carbons (Fsp3) is 0.608. The number of carbonyl (C=O) groups is 2. The lowest BCUT2D eigenvalue weighted by Gasteiger charge is -2.41. The molecule has 65 heavy (non-hydrogen) atoms. The fourth-order valence-corrected chi connectivity index (χ4v) is 7.36. The summed E-state index contributed by atoms with van der Waals surface area (Å²) in [6, 6.07) is 0. The van der Waals surface area contributed by atoms with Gasteiger partial charge in [0.05, 0.1) is 6.61 Å². The van der Waals surface area contributed by atoms with E-state index in [1.165, 1.54) is 0 Å². The first kappa shape index (κ1) is 59.5. The van der Waals surface area contributed by atoms with Crippen molar-refractivity contribution < 1.29 is 63.1 Å². The van der Waals surface area contributed by atoms with Gasteiger partial charge in [-0.05, 0) is 83.5 Å². The van der Waals surface area contributed by atoms with Crippen LogP contribution in [0.4, 0.5) is 0 Å². The van der Waals surface area contributed by atoms with Gasteiger partial charge >= 0.3 is 19.8 Å². The van der Waals surface area contributed by atoms with Gasteiger partial charge in [0, 0.05) is 12.8 Å². The van der Waals surface area contributed by atoms with Crippen LogP contribution in [-0.4, -0.2) is 98.3 Å². The van der Waals surface area contributed by atoms with Gasteiger partial charge in [-0.2, -0.15) is 0 Å². The number of unbranched alkanes of at least 4 members (excludes halogenated alkanes) is 7. The molecule has 1 aliphatic carbocycles. The lowest BCUT2D eigenvalue weighted by atomic mass is 9.85. The summed E-state index contributed by atoms with van der Waals surface area (Å²) in [4.78, 5) is 35.7. The Bertz CT molecular complexity index is 1550. The molecule has 1 aliphatic rings. The summed E-state index contributed by atoms with van der Waals surface area (Å²) in [5, 5.41) is 50.2. The Morgan fingerprint density at radius 2 is 0.862 bits per heavy atom. The molecule has 1 fully saturated rings. The quantitative estimate of drug-likeness (QED) is 0.0149. The Morgan fingerprint density at radius 1 is 0.477 bits per heavy atom. The number of phosphoric ester groups is 1. The van der Waals surface area contributed by atoms with Crippen LogP contribution in [0.5, 0.6) is 0 Å². The monoisotopic (exact) mass is 933 g/mol. The predicted molar refractivity (Wildman–Crippen MR) is 257 cm³/mol. The maximum absolute atomic E-state index is 12.8. The van der Waals surface area contributed by atoms with Crippen LogP contribution in [0, 0.1) is 0 Å². The smallest absolute Gasteiger partial charge is 0.462 e. The van der Waals surface area contributed by atoms with E-state index in [9.17, 15) is 44.6 Å². The number of allylic oxidation sites excluding steroid dienone is 18. The minimum Gasteiger partial charge on any atom is -0.462 e. The molecule has 0 saturated heterocycles. The van der Waals surface area contributed by atoms with Crippen LogP contribution in [0.25, 0.3) is 0 Å². The first-order valence-corrected chi connectivity index (χ1v) is 25.2. The van der Waals surface area contributed by atoms with Crippen molar-refractivity contribution >= 4 is 19.8 Å². The summed E-state index contributed by atoms with van der Waals surface area (Å²) in [6.07, 6.45) is 41.5. The van der Waals surface area contributed by atoms with Gasteiger partial charge in [0.1, 0.15) is 43.2 Å². The van der Waals surface area contributed by atoms with Gasteiger partial charge in [-0.15, -0.1) is 0 Å². The molecule has 0 aliphatic heterocycles. The van der Waals surface area contributed by atoms with Crippen molar-refractivity contribution in [3.8, 4) is 0 Å². The van der Waals surface area contributed by atoms with Crippen molar-refractivity contribution in [1.29, 1.82) is 0 Å².